The summed E-state index contributed by atoms with van der Waals surface area (Å²) in [6, 6.07) is 16.8. The second kappa shape index (κ2) is 5.81. The molecular weight excluding hydrogens is 286 g/mol. The Labute approximate surface area is 126 Å². The van der Waals surface area contributed by atoms with Gasteiger partial charge < -0.3 is 10.3 Å². The van der Waals surface area contributed by atoms with Crippen molar-refractivity contribution in [3.8, 4) is 11.4 Å². The number of rotatable bonds is 3. The molecule has 3 aromatic rings. The monoisotopic (exact) mass is 297 g/mol. The maximum absolute atomic E-state index is 6.01. The van der Waals surface area contributed by atoms with E-state index in [1.807, 2.05) is 42.5 Å². The highest BCUT2D eigenvalue weighted by molar-refractivity contribution is 6.30. The lowest BCUT2D eigenvalue weighted by Gasteiger charge is -1.98. The first-order valence-electron chi connectivity index (χ1n) is 6.34. The van der Waals surface area contributed by atoms with Crippen LogP contribution >= 0.6 is 11.6 Å². The summed E-state index contributed by atoms with van der Waals surface area (Å²) in [5.74, 6) is 0.861. The van der Waals surface area contributed by atoms with Crippen LogP contribution in [0.3, 0.4) is 0 Å². The first-order chi connectivity index (χ1) is 10.2. The van der Waals surface area contributed by atoms with Gasteiger partial charge in [0.2, 0.25) is 5.82 Å². The molecule has 104 valence electrons. The van der Waals surface area contributed by atoms with Crippen LogP contribution in [0.1, 0.15) is 11.5 Å². The summed E-state index contributed by atoms with van der Waals surface area (Å²) in [4.78, 5) is 4.30. The van der Waals surface area contributed by atoms with Gasteiger partial charge in [-0.15, -0.1) is 0 Å². The number of hydrogen-bond acceptors (Lipinski definition) is 4. The van der Waals surface area contributed by atoms with Gasteiger partial charge in [-0.05, 0) is 29.8 Å². The molecule has 21 heavy (non-hydrogen) atoms. The summed E-state index contributed by atoms with van der Waals surface area (Å²) in [6.07, 6.45) is 1.65. The Bertz CT molecular complexity index is 764. The topological polar surface area (TPSA) is 64.9 Å². The van der Waals surface area contributed by atoms with Crippen molar-refractivity contribution in [1.29, 1.82) is 0 Å². The predicted molar refractivity (Wildman–Crippen MR) is 83.2 cm³/mol. The van der Waals surface area contributed by atoms with E-state index in [-0.39, 0.29) is 0 Å². The third-order valence-electron chi connectivity index (χ3n) is 2.93. The van der Waals surface area contributed by atoms with E-state index in [0.29, 0.717) is 22.4 Å². The summed E-state index contributed by atoms with van der Waals surface area (Å²) < 4.78 is 5.19. The van der Waals surface area contributed by atoms with Crippen LogP contribution in [-0.2, 0) is 0 Å². The number of aromatic nitrogens is 2. The van der Waals surface area contributed by atoms with Gasteiger partial charge in [0.1, 0.15) is 0 Å². The molecule has 0 unspecified atom stereocenters. The number of halogens is 1. The average Bonchev–Trinajstić information content (AvgIpc) is 2.97. The summed E-state index contributed by atoms with van der Waals surface area (Å²) >= 11 is 5.85. The van der Waals surface area contributed by atoms with E-state index >= 15 is 0 Å². The minimum Gasteiger partial charge on any atom is -0.398 e. The molecule has 0 spiro atoms. The first kappa shape index (κ1) is 13.4. The van der Waals surface area contributed by atoms with Crippen molar-refractivity contribution in [2.75, 3.05) is 0 Å². The lowest BCUT2D eigenvalue weighted by atomic mass is 10.1. The molecule has 0 aliphatic carbocycles. The number of nitrogens with zero attached hydrogens (tertiary/aromatic N) is 2. The minimum absolute atomic E-state index is 0.362. The van der Waals surface area contributed by atoms with Crippen molar-refractivity contribution >= 4 is 23.4 Å². The maximum Gasteiger partial charge on any atom is 0.253 e. The third kappa shape index (κ3) is 3.12. The van der Waals surface area contributed by atoms with E-state index in [1.165, 1.54) is 0 Å². The van der Waals surface area contributed by atoms with Crippen molar-refractivity contribution in [2.24, 2.45) is 5.73 Å². The van der Waals surface area contributed by atoms with Gasteiger partial charge in [-0.3, -0.25) is 0 Å². The molecule has 1 heterocycles. The van der Waals surface area contributed by atoms with Crippen molar-refractivity contribution in [1.82, 2.24) is 10.1 Å². The van der Waals surface area contributed by atoms with Crippen LogP contribution in [0.5, 0.6) is 0 Å². The Kier molecular flexibility index (Phi) is 3.71. The Morgan fingerprint density at radius 1 is 1.05 bits per heavy atom. The summed E-state index contributed by atoms with van der Waals surface area (Å²) in [7, 11) is 0. The van der Waals surface area contributed by atoms with Crippen LogP contribution in [0.25, 0.3) is 23.2 Å². The fraction of sp³-hybridized carbons (Fsp3) is 0. The van der Waals surface area contributed by atoms with Crippen LogP contribution in [0, 0.1) is 0 Å². The fourth-order valence-electron chi connectivity index (χ4n) is 1.86. The van der Waals surface area contributed by atoms with E-state index < -0.39 is 0 Å². The molecule has 0 amide bonds. The maximum atomic E-state index is 6.01. The molecule has 0 aliphatic rings. The molecule has 0 fully saturated rings. The predicted octanol–water partition coefficient (Wildman–Crippen LogP) is 3.85. The molecule has 0 atom stereocenters. The largest absolute Gasteiger partial charge is 0.398 e. The Balaban J connectivity index is 1.87. The average molecular weight is 298 g/mol. The van der Waals surface area contributed by atoms with Crippen LogP contribution in [0.4, 0.5) is 0 Å². The zero-order valence-electron chi connectivity index (χ0n) is 11.0. The molecule has 0 bridgehead atoms. The van der Waals surface area contributed by atoms with Gasteiger partial charge in [-0.2, -0.15) is 4.98 Å². The molecule has 5 heteroatoms. The Morgan fingerprint density at radius 2 is 1.76 bits per heavy atom. The molecule has 3 rings (SSSR count). The molecule has 2 aromatic carbocycles. The van der Waals surface area contributed by atoms with Gasteiger partial charge in [0.15, 0.2) is 0 Å². The lowest BCUT2D eigenvalue weighted by molar-refractivity contribution is 0.411. The Hall–Kier alpha value is -2.59. The van der Waals surface area contributed by atoms with Gasteiger partial charge in [-0.1, -0.05) is 47.1 Å². The second-order valence-electron chi connectivity index (χ2n) is 4.43. The highest BCUT2D eigenvalue weighted by Crippen LogP contribution is 2.20. The van der Waals surface area contributed by atoms with E-state index in [2.05, 4.69) is 10.1 Å². The molecular formula is C16H12ClN3O. The van der Waals surface area contributed by atoms with Gasteiger partial charge in [0.05, 0.1) is 0 Å². The molecule has 0 saturated carbocycles. The van der Waals surface area contributed by atoms with Gasteiger partial charge >= 0.3 is 0 Å². The van der Waals surface area contributed by atoms with E-state index in [0.717, 1.165) is 11.1 Å². The van der Waals surface area contributed by atoms with Crippen molar-refractivity contribution in [3.05, 3.63) is 71.1 Å². The molecule has 0 radical (unpaired) electrons. The molecule has 2 N–H and O–H groups in total. The van der Waals surface area contributed by atoms with Crippen LogP contribution in [0.15, 0.2) is 59.1 Å². The van der Waals surface area contributed by atoms with Gasteiger partial charge in [0.25, 0.3) is 5.89 Å². The normalized spacial score (nSPS) is 11.6. The Morgan fingerprint density at radius 3 is 2.48 bits per heavy atom. The summed E-state index contributed by atoms with van der Waals surface area (Å²) in [5, 5.41) is 4.60. The highest BCUT2D eigenvalue weighted by Gasteiger charge is 2.07. The SMILES string of the molecule is N/C(=C\c1nc(-c2ccc(Cl)cc2)no1)c1ccccc1. The minimum atomic E-state index is 0.362. The summed E-state index contributed by atoms with van der Waals surface area (Å²) in [5.41, 5.74) is 8.32. The molecule has 0 saturated heterocycles. The highest BCUT2D eigenvalue weighted by atomic mass is 35.5. The second-order valence-corrected chi connectivity index (χ2v) is 4.87. The number of hydrogen-bond donors (Lipinski definition) is 1. The standard InChI is InChI=1S/C16H12ClN3O/c17-13-8-6-12(7-9-13)16-19-15(21-20-16)10-14(18)11-4-2-1-3-5-11/h1-10H,18H2/b14-10-. The summed E-state index contributed by atoms with van der Waals surface area (Å²) in [6.45, 7) is 0. The van der Waals surface area contributed by atoms with Crippen LogP contribution < -0.4 is 5.73 Å². The number of nitrogens with two attached hydrogens (primary N) is 1. The first-order valence-corrected chi connectivity index (χ1v) is 6.72. The van der Waals surface area contributed by atoms with Crippen molar-refractivity contribution in [3.63, 3.8) is 0 Å². The quantitative estimate of drug-likeness (QED) is 0.797. The zero-order chi connectivity index (χ0) is 14.7. The lowest BCUT2D eigenvalue weighted by Crippen LogP contribution is -1.95. The van der Waals surface area contributed by atoms with Crippen LogP contribution in [0.2, 0.25) is 5.02 Å². The molecule has 4 nitrogen and oxygen atoms in total. The third-order valence-corrected chi connectivity index (χ3v) is 3.18. The molecule has 0 aliphatic heterocycles. The van der Waals surface area contributed by atoms with Crippen molar-refractivity contribution < 1.29 is 4.52 Å². The van der Waals surface area contributed by atoms with Crippen LogP contribution in [-0.4, -0.2) is 10.1 Å². The van der Waals surface area contributed by atoms with E-state index in [4.69, 9.17) is 21.9 Å². The van der Waals surface area contributed by atoms with Gasteiger partial charge in [0, 0.05) is 22.4 Å². The molecule has 1 aromatic heterocycles. The number of benzene rings is 2. The zero-order valence-corrected chi connectivity index (χ0v) is 11.8. The van der Waals surface area contributed by atoms with E-state index in [1.54, 1.807) is 18.2 Å². The fourth-order valence-corrected chi connectivity index (χ4v) is 1.98. The van der Waals surface area contributed by atoms with Gasteiger partial charge in [-0.25, -0.2) is 0 Å². The smallest absolute Gasteiger partial charge is 0.253 e. The van der Waals surface area contributed by atoms with Crippen molar-refractivity contribution in [2.45, 2.75) is 0 Å². The van der Waals surface area contributed by atoms with E-state index in [9.17, 15) is 0 Å².